The molecular weight excluding hydrogens is 263 g/mol. The van der Waals surface area contributed by atoms with Gasteiger partial charge in [0.15, 0.2) is 0 Å². The fourth-order valence-electron chi connectivity index (χ4n) is 2.46. The van der Waals surface area contributed by atoms with Gasteiger partial charge in [-0.3, -0.25) is 14.5 Å². The summed E-state index contributed by atoms with van der Waals surface area (Å²) in [7, 11) is 1.73. The number of aliphatic carboxylic acids is 1. The molecule has 1 amide bonds. The Morgan fingerprint density at radius 1 is 1.40 bits per heavy atom. The molecule has 0 unspecified atom stereocenters. The molecule has 1 heterocycles. The first-order valence-corrected chi connectivity index (χ1v) is 6.42. The lowest BCUT2D eigenvalue weighted by molar-refractivity contribution is -0.141. The maximum Gasteiger partial charge on any atom is 0.320 e. The zero-order valence-corrected chi connectivity index (χ0v) is 11.2. The van der Waals surface area contributed by atoms with Gasteiger partial charge in [-0.25, -0.2) is 4.39 Å². The summed E-state index contributed by atoms with van der Waals surface area (Å²) in [5.41, 5.74) is 0.727. The van der Waals surface area contributed by atoms with Gasteiger partial charge in [0.2, 0.25) is 5.91 Å². The summed E-state index contributed by atoms with van der Waals surface area (Å²) >= 11 is 0. The summed E-state index contributed by atoms with van der Waals surface area (Å²) in [6.45, 7) is 0.520. The van der Waals surface area contributed by atoms with Crippen LogP contribution in [0.15, 0.2) is 24.3 Å². The first-order chi connectivity index (χ1) is 9.45. The standard InChI is InChI=1S/C14H17FN2O3/c1-17-8-11(7-12(17)14(19)20)16-13(18)6-9-2-4-10(15)5-3-9/h2-5,11-12H,6-8H2,1H3,(H,16,18)(H,19,20)/t11-,12-/m0/s1. The van der Waals surface area contributed by atoms with Crippen LogP contribution in [-0.4, -0.2) is 47.6 Å². The Hall–Kier alpha value is -1.95. The molecule has 0 aromatic heterocycles. The highest BCUT2D eigenvalue weighted by atomic mass is 19.1. The van der Waals surface area contributed by atoms with E-state index in [1.807, 2.05) is 0 Å². The van der Waals surface area contributed by atoms with Crippen LogP contribution in [0.1, 0.15) is 12.0 Å². The minimum Gasteiger partial charge on any atom is -0.480 e. The summed E-state index contributed by atoms with van der Waals surface area (Å²) in [6, 6.07) is 5.05. The van der Waals surface area contributed by atoms with Crippen molar-refractivity contribution in [3.05, 3.63) is 35.6 Å². The van der Waals surface area contributed by atoms with E-state index in [9.17, 15) is 14.0 Å². The Morgan fingerprint density at radius 2 is 2.05 bits per heavy atom. The number of rotatable bonds is 4. The van der Waals surface area contributed by atoms with Gasteiger partial charge in [-0.2, -0.15) is 0 Å². The lowest BCUT2D eigenvalue weighted by Gasteiger charge is -2.13. The van der Waals surface area contributed by atoms with E-state index in [1.165, 1.54) is 12.1 Å². The van der Waals surface area contributed by atoms with Gasteiger partial charge in [-0.15, -0.1) is 0 Å². The number of carbonyl (C=O) groups is 2. The number of carboxylic acids is 1. The fraction of sp³-hybridized carbons (Fsp3) is 0.429. The van der Waals surface area contributed by atoms with Gasteiger partial charge in [0, 0.05) is 12.6 Å². The Labute approximate surface area is 116 Å². The highest BCUT2D eigenvalue weighted by molar-refractivity contribution is 5.79. The SMILES string of the molecule is CN1C[C@@H](NC(=O)Cc2ccc(F)cc2)C[C@H]1C(=O)O. The predicted octanol–water partition coefficient (Wildman–Crippen LogP) is 0.642. The zero-order valence-electron chi connectivity index (χ0n) is 11.2. The van der Waals surface area contributed by atoms with E-state index in [4.69, 9.17) is 5.11 Å². The average molecular weight is 280 g/mol. The monoisotopic (exact) mass is 280 g/mol. The molecule has 6 heteroatoms. The lowest BCUT2D eigenvalue weighted by Crippen LogP contribution is -2.37. The Balaban J connectivity index is 1.86. The van der Waals surface area contributed by atoms with E-state index < -0.39 is 12.0 Å². The van der Waals surface area contributed by atoms with E-state index in [-0.39, 0.29) is 24.2 Å². The van der Waals surface area contributed by atoms with Crippen LogP contribution in [0.25, 0.3) is 0 Å². The predicted molar refractivity (Wildman–Crippen MR) is 70.7 cm³/mol. The van der Waals surface area contributed by atoms with E-state index in [1.54, 1.807) is 24.1 Å². The first-order valence-electron chi connectivity index (χ1n) is 6.42. The van der Waals surface area contributed by atoms with Crippen LogP contribution < -0.4 is 5.32 Å². The molecule has 0 bridgehead atoms. The topological polar surface area (TPSA) is 69.6 Å². The number of carbonyl (C=O) groups excluding carboxylic acids is 1. The van der Waals surface area contributed by atoms with Gasteiger partial charge in [-0.05, 0) is 31.2 Å². The third-order valence-corrected chi connectivity index (χ3v) is 3.48. The molecule has 108 valence electrons. The molecular formula is C14H17FN2O3. The average Bonchev–Trinajstić information content (AvgIpc) is 2.73. The van der Waals surface area contributed by atoms with E-state index >= 15 is 0 Å². The van der Waals surface area contributed by atoms with Gasteiger partial charge in [0.25, 0.3) is 0 Å². The minimum atomic E-state index is -0.872. The molecule has 1 aromatic rings. The van der Waals surface area contributed by atoms with Crippen LogP contribution in [0.3, 0.4) is 0 Å². The minimum absolute atomic E-state index is 0.158. The molecule has 1 aliphatic rings. The van der Waals surface area contributed by atoms with E-state index in [0.29, 0.717) is 13.0 Å². The Kier molecular flexibility index (Phi) is 4.34. The maximum absolute atomic E-state index is 12.8. The third kappa shape index (κ3) is 3.54. The number of amides is 1. The van der Waals surface area contributed by atoms with Gasteiger partial charge in [-0.1, -0.05) is 12.1 Å². The van der Waals surface area contributed by atoms with Crippen molar-refractivity contribution in [2.75, 3.05) is 13.6 Å². The molecule has 0 spiro atoms. The molecule has 2 atom stereocenters. The van der Waals surface area contributed by atoms with Crippen molar-refractivity contribution in [1.29, 1.82) is 0 Å². The van der Waals surface area contributed by atoms with Gasteiger partial charge < -0.3 is 10.4 Å². The Morgan fingerprint density at radius 3 is 2.60 bits per heavy atom. The summed E-state index contributed by atoms with van der Waals surface area (Å²) < 4.78 is 12.8. The Bertz CT molecular complexity index is 504. The van der Waals surface area contributed by atoms with Crippen LogP contribution in [0.2, 0.25) is 0 Å². The van der Waals surface area contributed by atoms with E-state index in [0.717, 1.165) is 5.56 Å². The number of likely N-dealkylation sites (tertiary alicyclic amines) is 1. The van der Waals surface area contributed by atoms with Gasteiger partial charge in [0.1, 0.15) is 11.9 Å². The highest BCUT2D eigenvalue weighted by Gasteiger charge is 2.34. The van der Waals surface area contributed by atoms with Crippen molar-refractivity contribution >= 4 is 11.9 Å². The van der Waals surface area contributed by atoms with Crippen LogP contribution in [0, 0.1) is 5.82 Å². The van der Waals surface area contributed by atoms with Crippen molar-refractivity contribution in [3.63, 3.8) is 0 Å². The molecule has 2 rings (SSSR count). The fourth-order valence-corrected chi connectivity index (χ4v) is 2.46. The number of nitrogens with one attached hydrogen (secondary N) is 1. The number of halogens is 1. The molecule has 1 aromatic carbocycles. The smallest absolute Gasteiger partial charge is 0.320 e. The molecule has 1 aliphatic heterocycles. The summed E-state index contributed by atoms with van der Waals surface area (Å²) in [5.74, 6) is -1.39. The van der Waals surface area contributed by atoms with Gasteiger partial charge >= 0.3 is 5.97 Å². The van der Waals surface area contributed by atoms with Crippen molar-refractivity contribution in [2.45, 2.75) is 24.9 Å². The molecule has 0 radical (unpaired) electrons. The molecule has 5 nitrogen and oxygen atoms in total. The quantitative estimate of drug-likeness (QED) is 0.849. The number of hydrogen-bond donors (Lipinski definition) is 2. The van der Waals surface area contributed by atoms with Crippen molar-refractivity contribution in [1.82, 2.24) is 10.2 Å². The number of benzene rings is 1. The van der Waals surface area contributed by atoms with Crippen LogP contribution >= 0.6 is 0 Å². The summed E-state index contributed by atoms with van der Waals surface area (Å²) in [6.07, 6.45) is 0.569. The van der Waals surface area contributed by atoms with Crippen LogP contribution in [0.4, 0.5) is 4.39 Å². The number of hydrogen-bond acceptors (Lipinski definition) is 3. The second kappa shape index (κ2) is 6.00. The maximum atomic E-state index is 12.8. The van der Waals surface area contributed by atoms with E-state index in [2.05, 4.69) is 5.32 Å². The second-order valence-corrected chi connectivity index (χ2v) is 5.10. The molecule has 2 N–H and O–H groups in total. The number of nitrogens with zero attached hydrogens (tertiary/aromatic N) is 1. The summed E-state index contributed by atoms with van der Waals surface area (Å²) in [5, 5.41) is 11.8. The molecule has 1 fully saturated rings. The van der Waals surface area contributed by atoms with Crippen LogP contribution in [0.5, 0.6) is 0 Å². The third-order valence-electron chi connectivity index (χ3n) is 3.48. The first kappa shape index (κ1) is 14.5. The van der Waals surface area contributed by atoms with Gasteiger partial charge in [0.05, 0.1) is 6.42 Å². The molecule has 1 saturated heterocycles. The number of likely N-dealkylation sites (N-methyl/N-ethyl adjacent to an activating group) is 1. The van der Waals surface area contributed by atoms with Crippen molar-refractivity contribution in [3.8, 4) is 0 Å². The largest absolute Gasteiger partial charge is 0.480 e. The zero-order chi connectivity index (χ0) is 14.7. The number of carboxylic acid groups (broad SMARTS) is 1. The lowest BCUT2D eigenvalue weighted by atomic mass is 10.1. The highest BCUT2D eigenvalue weighted by Crippen LogP contribution is 2.16. The molecule has 0 aliphatic carbocycles. The summed E-state index contributed by atoms with van der Waals surface area (Å²) in [4.78, 5) is 24.6. The second-order valence-electron chi connectivity index (χ2n) is 5.10. The normalized spacial score (nSPS) is 22.7. The van der Waals surface area contributed by atoms with Crippen molar-refractivity contribution < 1.29 is 19.1 Å². The van der Waals surface area contributed by atoms with Crippen molar-refractivity contribution in [2.24, 2.45) is 0 Å². The molecule has 0 saturated carbocycles. The molecule has 20 heavy (non-hydrogen) atoms. The van der Waals surface area contributed by atoms with Crippen LogP contribution in [-0.2, 0) is 16.0 Å².